The maximum atomic E-state index is 11.5. The largest absolute Gasteiger partial charge is 0.370 e. The fraction of sp³-hybridized carbons (Fsp3) is 0.308. The van der Waals surface area contributed by atoms with Gasteiger partial charge in [-0.15, -0.1) is 0 Å². The first-order chi connectivity index (χ1) is 9.63. The molecule has 0 radical (unpaired) electrons. The molecule has 1 unspecified atom stereocenters. The molecule has 2 aromatic heterocycles. The molecule has 3 N–H and O–H groups in total. The molecular formula is C13H14ClN5O. The number of pyridine rings is 1. The zero-order valence-corrected chi connectivity index (χ0v) is 11.5. The van der Waals surface area contributed by atoms with Crippen LogP contribution >= 0.6 is 11.6 Å². The van der Waals surface area contributed by atoms with Gasteiger partial charge in [-0.2, -0.15) is 0 Å². The molecule has 1 aliphatic rings. The molecule has 1 aliphatic heterocycles. The molecule has 3 rings (SSSR count). The topological polar surface area (TPSA) is 87.9 Å². The Hall–Kier alpha value is -2.08. The number of nitrogens with two attached hydrogens (primary N) is 1. The summed E-state index contributed by atoms with van der Waals surface area (Å²) in [5.41, 5.74) is 7.07. The number of anilines is 2. The molecule has 1 atom stereocenters. The van der Waals surface area contributed by atoms with E-state index in [2.05, 4.69) is 19.9 Å². The van der Waals surface area contributed by atoms with E-state index in [1.165, 1.54) is 6.07 Å². The molecule has 104 valence electrons. The molecule has 0 spiro atoms. The summed E-state index contributed by atoms with van der Waals surface area (Å²) in [6, 6.07) is 3.41. The van der Waals surface area contributed by atoms with E-state index < -0.39 is 0 Å². The smallest absolute Gasteiger partial charge is 0.252 e. The van der Waals surface area contributed by atoms with Crippen molar-refractivity contribution in [3.63, 3.8) is 0 Å². The standard InChI is InChI=1S/C13H14ClN5O/c14-9-6-16-3-1-11(9)19-4-2-8(7-19)10-5-12(20)18-13(15)17-10/h1,3,5-6,8H,2,4,7H2,(H3,15,17,18,20). The minimum absolute atomic E-state index is 0.160. The predicted octanol–water partition coefficient (Wildman–Crippen LogP) is 1.39. The number of hydrogen-bond acceptors (Lipinski definition) is 5. The van der Waals surface area contributed by atoms with Gasteiger partial charge in [-0.3, -0.25) is 14.8 Å². The van der Waals surface area contributed by atoms with Crippen molar-refractivity contribution in [2.45, 2.75) is 12.3 Å². The van der Waals surface area contributed by atoms with E-state index >= 15 is 0 Å². The van der Waals surface area contributed by atoms with Crippen molar-refractivity contribution in [1.29, 1.82) is 0 Å². The number of halogens is 1. The lowest BCUT2D eigenvalue weighted by atomic mass is 10.1. The van der Waals surface area contributed by atoms with Gasteiger partial charge in [-0.1, -0.05) is 11.6 Å². The molecule has 0 aromatic carbocycles. The fourth-order valence-electron chi connectivity index (χ4n) is 2.55. The SMILES string of the molecule is Nc1nc(C2CCN(c3ccncc3Cl)C2)cc(=O)[nH]1. The predicted molar refractivity (Wildman–Crippen MR) is 78.1 cm³/mol. The zero-order chi connectivity index (χ0) is 14.1. The summed E-state index contributed by atoms with van der Waals surface area (Å²) in [7, 11) is 0. The lowest BCUT2D eigenvalue weighted by Crippen LogP contribution is -2.21. The zero-order valence-electron chi connectivity index (χ0n) is 10.7. The summed E-state index contributed by atoms with van der Waals surface area (Å²) in [6.45, 7) is 1.63. The Morgan fingerprint density at radius 3 is 3.10 bits per heavy atom. The van der Waals surface area contributed by atoms with Crippen LogP contribution in [0.15, 0.2) is 29.3 Å². The molecule has 0 saturated carbocycles. The molecule has 1 saturated heterocycles. The fourth-order valence-corrected chi connectivity index (χ4v) is 2.79. The number of aromatic nitrogens is 3. The van der Waals surface area contributed by atoms with Crippen molar-refractivity contribution in [3.8, 4) is 0 Å². The Balaban J connectivity index is 1.83. The van der Waals surface area contributed by atoms with E-state index in [-0.39, 0.29) is 17.4 Å². The molecule has 0 amide bonds. The summed E-state index contributed by atoms with van der Waals surface area (Å²) < 4.78 is 0. The minimum Gasteiger partial charge on any atom is -0.370 e. The highest BCUT2D eigenvalue weighted by Crippen LogP contribution is 2.32. The Morgan fingerprint density at radius 2 is 2.35 bits per heavy atom. The highest BCUT2D eigenvalue weighted by Gasteiger charge is 2.26. The van der Waals surface area contributed by atoms with Crippen LogP contribution < -0.4 is 16.2 Å². The van der Waals surface area contributed by atoms with Crippen LogP contribution in [0.3, 0.4) is 0 Å². The van der Waals surface area contributed by atoms with Crippen LogP contribution in [0.4, 0.5) is 11.6 Å². The van der Waals surface area contributed by atoms with Crippen LogP contribution in [0.1, 0.15) is 18.0 Å². The molecule has 0 aliphatic carbocycles. The number of hydrogen-bond donors (Lipinski definition) is 2. The maximum Gasteiger partial charge on any atom is 0.252 e. The number of rotatable bonds is 2. The second-order valence-corrected chi connectivity index (χ2v) is 5.22. The lowest BCUT2D eigenvalue weighted by Gasteiger charge is -2.19. The van der Waals surface area contributed by atoms with E-state index in [1.807, 2.05) is 6.07 Å². The molecule has 1 fully saturated rings. The number of H-pyrrole nitrogens is 1. The minimum atomic E-state index is -0.215. The van der Waals surface area contributed by atoms with Crippen molar-refractivity contribution in [2.75, 3.05) is 23.7 Å². The summed E-state index contributed by atoms with van der Waals surface area (Å²) in [4.78, 5) is 24.3. The van der Waals surface area contributed by atoms with E-state index in [0.717, 1.165) is 30.9 Å². The number of nitrogen functional groups attached to an aromatic ring is 1. The Bertz CT molecular complexity index is 686. The van der Waals surface area contributed by atoms with E-state index in [9.17, 15) is 4.79 Å². The van der Waals surface area contributed by atoms with E-state index in [4.69, 9.17) is 17.3 Å². The molecule has 0 bridgehead atoms. The second kappa shape index (κ2) is 5.13. The van der Waals surface area contributed by atoms with Crippen LogP contribution in [0.2, 0.25) is 5.02 Å². The van der Waals surface area contributed by atoms with Gasteiger partial charge in [0.2, 0.25) is 5.95 Å². The maximum absolute atomic E-state index is 11.5. The third-order valence-electron chi connectivity index (χ3n) is 3.48. The van der Waals surface area contributed by atoms with Crippen molar-refractivity contribution in [1.82, 2.24) is 15.0 Å². The summed E-state index contributed by atoms with van der Waals surface area (Å²) >= 11 is 6.15. The van der Waals surface area contributed by atoms with Gasteiger partial charge in [0, 0.05) is 37.5 Å². The molecular weight excluding hydrogens is 278 g/mol. The Kier molecular flexibility index (Phi) is 3.31. The van der Waals surface area contributed by atoms with Crippen LogP contribution in [0.25, 0.3) is 0 Å². The van der Waals surface area contributed by atoms with Crippen molar-refractivity contribution in [3.05, 3.63) is 45.6 Å². The average molecular weight is 292 g/mol. The normalized spacial score (nSPS) is 18.4. The molecule has 6 nitrogen and oxygen atoms in total. The Morgan fingerprint density at radius 1 is 1.50 bits per heavy atom. The van der Waals surface area contributed by atoms with Gasteiger partial charge in [0.05, 0.1) is 16.4 Å². The monoisotopic (exact) mass is 291 g/mol. The highest BCUT2D eigenvalue weighted by atomic mass is 35.5. The van der Waals surface area contributed by atoms with Gasteiger partial charge in [0.15, 0.2) is 0 Å². The number of nitrogens with one attached hydrogen (secondary N) is 1. The van der Waals surface area contributed by atoms with Gasteiger partial charge >= 0.3 is 0 Å². The highest BCUT2D eigenvalue weighted by molar-refractivity contribution is 6.33. The lowest BCUT2D eigenvalue weighted by molar-refractivity contribution is 0.739. The first-order valence-corrected chi connectivity index (χ1v) is 6.72. The summed E-state index contributed by atoms with van der Waals surface area (Å²) in [6.07, 6.45) is 4.26. The van der Waals surface area contributed by atoms with Crippen LogP contribution in [0, 0.1) is 0 Å². The van der Waals surface area contributed by atoms with Gasteiger partial charge in [0.1, 0.15) is 0 Å². The van der Waals surface area contributed by atoms with Gasteiger partial charge < -0.3 is 10.6 Å². The molecule has 2 aromatic rings. The van der Waals surface area contributed by atoms with Crippen LogP contribution in [0.5, 0.6) is 0 Å². The van der Waals surface area contributed by atoms with E-state index in [1.54, 1.807) is 12.4 Å². The van der Waals surface area contributed by atoms with Crippen molar-refractivity contribution < 1.29 is 0 Å². The molecule has 20 heavy (non-hydrogen) atoms. The summed E-state index contributed by atoms with van der Waals surface area (Å²) in [5.74, 6) is 0.344. The van der Waals surface area contributed by atoms with Gasteiger partial charge in [-0.25, -0.2) is 4.98 Å². The molecule has 3 heterocycles. The second-order valence-electron chi connectivity index (χ2n) is 4.81. The number of nitrogens with zero attached hydrogens (tertiary/aromatic N) is 3. The molecule has 7 heteroatoms. The van der Waals surface area contributed by atoms with Crippen molar-refractivity contribution >= 4 is 23.2 Å². The third kappa shape index (κ3) is 2.46. The van der Waals surface area contributed by atoms with E-state index in [0.29, 0.717) is 5.02 Å². The van der Waals surface area contributed by atoms with Crippen LogP contribution in [-0.2, 0) is 0 Å². The number of aromatic amines is 1. The van der Waals surface area contributed by atoms with Crippen molar-refractivity contribution in [2.24, 2.45) is 0 Å². The first-order valence-electron chi connectivity index (χ1n) is 6.34. The summed E-state index contributed by atoms with van der Waals surface area (Å²) in [5, 5.41) is 0.631. The van der Waals surface area contributed by atoms with Crippen LogP contribution in [-0.4, -0.2) is 28.0 Å². The quantitative estimate of drug-likeness (QED) is 0.873. The van der Waals surface area contributed by atoms with Gasteiger partial charge in [0.25, 0.3) is 5.56 Å². The van der Waals surface area contributed by atoms with Gasteiger partial charge in [-0.05, 0) is 12.5 Å². The third-order valence-corrected chi connectivity index (χ3v) is 3.77. The average Bonchev–Trinajstić information content (AvgIpc) is 2.87. The Labute approximate surface area is 120 Å². The first kappa shape index (κ1) is 12.9.